The number of nitrogens with zero attached hydrogens (tertiary/aromatic N) is 2. The smallest absolute Gasteiger partial charge is 0.229 e. The highest BCUT2D eigenvalue weighted by molar-refractivity contribution is 5.95. The molecule has 162 valence electrons. The summed E-state index contributed by atoms with van der Waals surface area (Å²) in [5.74, 6) is 6.38. The van der Waals surface area contributed by atoms with Gasteiger partial charge in [-0.2, -0.15) is 0 Å². The fourth-order valence-corrected chi connectivity index (χ4v) is 4.06. The Balaban J connectivity index is 1.68. The second-order valence-electron chi connectivity index (χ2n) is 9.08. The molecular formula is C26H31N3O2. The number of rotatable bonds is 7. The van der Waals surface area contributed by atoms with E-state index in [0.717, 1.165) is 28.9 Å². The highest BCUT2D eigenvalue weighted by Crippen LogP contribution is 2.26. The Morgan fingerprint density at radius 3 is 2.42 bits per heavy atom. The molecule has 0 bridgehead atoms. The highest BCUT2D eigenvalue weighted by Gasteiger charge is 2.24. The van der Waals surface area contributed by atoms with Gasteiger partial charge in [-0.15, -0.1) is 0 Å². The fraction of sp³-hybridized carbons (Fsp3) is 0.385. The zero-order valence-electron chi connectivity index (χ0n) is 18.9. The molecule has 1 aliphatic rings. The molecule has 5 nitrogen and oxygen atoms in total. The lowest BCUT2D eigenvalue weighted by Gasteiger charge is -2.28. The summed E-state index contributed by atoms with van der Waals surface area (Å²) in [6, 6.07) is 15.6. The molecule has 3 rings (SSSR count). The normalized spacial score (nSPS) is 12.7. The van der Waals surface area contributed by atoms with Gasteiger partial charge in [0, 0.05) is 37.1 Å². The quantitative estimate of drug-likeness (QED) is 0.703. The van der Waals surface area contributed by atoms with E-state index in [1.165, 1.54) is 0 Å². The maximum Gasteiger partial charge on any atom is 0.229 e. The van der Waals surface area contributed by atoms with Crippen molar-refractivity contribution < 1.29 is 9.59 Å². The average molecular weight is 418 g/mol. The summed E-state index contributed by atoms with van der Waals surface area (Å²) in [5.41, 5.74) is 3.48. The Labute approximate surface area is 185 Å². The predicted octanol–water partition coefficient (Wildman–Crippen LogP) is 3.42. The minimum Gasteiger partial charge on any atom is -0.356 e. The van der Waals surface area contributed by atoms with E-state index in [-0.39, 0.29) is 23.7 Å². The molecule has 5 heteroatoms. The molecule has 1 N–H and O–H groups in total. The number of fused-ring (bicyclic) bond motifs is 2. The van der Waals surface area contributed by atoms with Crippen molar-refractivity contribution in [3.8, 4) is 11.8 Å². The Hall–Kier alpha value is -3.10. The van der Waals surface area contributed by atoms with E-state index in [0.29, 0.717) is 19.5 Å². The Bertz CT molecular complexity index is 1010. The van der Waals surface area contributed by atoms with Crippen molar-refractivity contribution in [1.82, 2.24) is 10.2 Å². The topological polar surface area (TPSA) is 52.7 Å². The lowest BCUT2D eigenvalue weighted by molar-refractivity contribution is -0.123. The summed E-state index contributed by atoms with van der Waals surface area (Å²) in [5, 5.41) is 2.92. The monoisotopic (exact) mass is 417 g/mol. The first-order valence-corrected chi connectivity index (χ1v) is 10.7. The number of benzene rings is 2. The molecule has 0 radical (unpaired) electrons. The number of amides is 2. The number of hydrogen-bond donors (Lipinski definition) is 1. The molecule has 2 amide bonds. The van der Waals surface area contributed by atoms with Gasteiger partial charge < -0.3 is 15.1 Å². The van der Waals surface area contributed by atoms with Gasteiger partial charge in [-0.1, -0.05) is 56.0 Å². The van der Waals surface area contributed by atoms with E-state index in [9.17, 15) is 9.59 Å². The van der Waals surface area contributed by atoms with Gasteiger partial charge in [-0.3, -0.25) is 9.59 Å². The lowest BCUT2D eigenvalue weighted by atomic mass is 9.88. The fourth-order valence-electron chi connectivity index (χ4n) is 4.06. The van der Waals surface area contributed by atoms with E-state index >= 15 is 0 Å². The first-order chi connectivity index (χ1) is 14.7. The van der Waals surface area contributed by atoms with Crippen LogP contribution in [-0.2, 0) is 16.1 Å². The second-order valence-corrected chi connectivity index (χ2v) is 9.08. The lowest BCUT2D eigenvalue weighted by Crippen LogP contribution is -2.37. The number of anilines is 1. The summed E-state index contributed by atoms with van der Waals surface area (Å²) in [4.78, 5) is 29.4. The maximum absolute atomic E-state index is 13.2. The molecule has 0 saturated heterocycles. The largest absolute Gasteiger partial charge is 0.356 e. The van der Waals surface area contributed by atoms with Crippen LogP contribution in [0.15, 0.2) is 48.5 Å². The van der Waals surface area contributed by atoms with Crippen LogP contribution in [-0.4, -0.2) is 43.9 Å². The van der Waals surface area contributed by atoms with Crippen molar-refractivity contribution >= 4 is 17.5 Å². The molecule has 0 fully saturated rings. The average Bonchev–Trinajstić information content (AvgIpc) is 2.68. The van der Waals surface area contributed by atoms with Crippen LogP contribution >= 0.6 is 0 Å². The molecule has 0 atom stereocenters. The summed E-state index contributed by atoms with van der Waals surface area (Å²) in [6.45, 7) is 5.76. The van der Waals surface area contributed by atoms with Crippen molar-refractivity contribution in [3.63, 3.8) is 0 Å². The van der Waals surface area contributed by atoms with Gasteiger partial charge in [0.05, 0.1) is 12.2 Å². The third kappa shape index (κ3) is 6.19. The van der Waals surface area contributed by atoms with Crippen LogP contribution in [0.25, 0.3) is 0 Å². The van der Waals surface area contributed by atoms with Gasteiger partial charge in [-0.25, -0.2) is 0 Å². The number of nitrogens with one attached hydrogen (secondary N) is 1. The maximum atomic E-state index is 13.2. The van der Waals surface area contributed by atoms with Gasteiger partial charge in [0.25, 0.3) is 0 Å². The summed E-state index contributed by atoms with van der Waals surface area (Å²) >= 11 is 0. The van der Waals surface area contributed by atoms with Crippen molar-refractivity contribution in [3.05, 3.63) is 65.2 Å². The molecule has 31 heavy (non-hydrogen) atoms. The summed E-state index contributed by atoms with van der Waals surface area (Å²) < 4.78 is 0. The Kier molecular flexibility index (Phi) is 7.14. The van der Waals surface area contributed by atoms with Gasteiger partial charge >= 0.3 is 0 Å². The molecule has 2 aromatic rings. The third-order valence-corrected chi connectivity index (χ3v) is 5.22. The van der Waals surface area contributed by atoms with Gasteiger partial charge in [0.15, 0.2) is 0 Å². The molecule has 1 aliphatic heterocycles. The third-order valence-electron chi connectivity index (χ3n) is 5.22. The molecular weight excluding hydrogens is 386 g/mol. The first kappa shape index (κ1) is 22.6. The molecule has 0 aromatic heterocycles. The molecule has 0 saturated carbocycles. The molecule has 0 aliphatic carbocycles. The number of carbonyl (C=O) groups excluding carboxylic acids is 2. The predicted molar refractivity (Wildman–Crippen MR) is 125 cm³/mol. The highest BCUT2D eigenvalue weighted by atomic mass is 16.2. The van der Waals surface area contributed by atoms with E-state index in [2.05, 4.69) is 35.9 Å². The van der Waals surface area contributed by atoms with Crippen molar-refractivity contribution in [2.75, 3.05) is 32.1 Å². The van der Waals surface area contributed by atoms with Crippen LogP contribution < -0.4 is 10.2 Å². The first-order valence-electron chi connectivity index (χ1n) is 10.7. The van der Waals surface area contributed by atoms with Crippen LogP contribution in [0.3, 0.4) is 0 Å². The van der Waals surface area contributed by atoms with Crippen molar-refractivity contribution in [1.29, 1.82) is 0 Å². The van der Waals surface area contributed by atoms with E-state index < -0.39 is 0 Å². The zero-order valence-corrected chi connectivity index (χ0v) is 18.9. The molecule has 0 spiro atoms. The van der Waals surface area contributed by atoms with Gasteiger partial charge in [0.2, 0.25) is 11.8 Å². The minimum absolute atomic E-state index is 0.0241. The molecule has 2 aromatic carbocycles. The standard InChI is InChI=1S/C26H31N3O2/c1-26(2,19-28(3)4)17-24(30)27-16-15-25(31)29-18-22-11-6-5-9-20(22)13-14-21-10-7-8-12-23(21)29/h5-12H,15-19H2,1-4H3,(H,27,30). The molecule has 1 heterocycles. The summed E-state index contributed by atoms with van der Waals surface area (Å²) in [6.07, 6.45) is 0.665. The number of carbonyl (C=O) groups is 2. The van der Waals surface area contributed by atoms with Crippen molar-refractivity contribution in [2.45, 2.75) is 33.2 Å². The number of para-hydroxylation sites is 1. The SMILES string of the molecule is CN(C)CC(C)(C)CC(=O)NCCC(=O)N1Cc2ccccc2C#Cc2ccccc21. The van der Waals surface area contributed by atoms with Gasteiger partial charge in [0.1, 0.15) is 0 Å². The van der Waals surface area contributed by atoms with E-state index in [1.54, 1.807) is 4.90 Å². The minimum atomic E-state index is -0.123. The Morgan fingerprint density at radius 2 is 1.68 bits per heavy atom. The van der Waals surface area contributed by atoms with Crippen LogP contribution in [0.1, 0.15) is 43.4 Å². The van der Waals surface area contributed by atoms with Crippen LogP contribution in [0.2, 0.25) is 0 Å². The van der Waals surface area contributed by atoms with Gasteiger partial charge in [-0.05, 0) is 43.3 Å². The van der Waals surface area contributed by atoms with E-state index in [1.807, 2.05) is 62.6 Å². The molecule has 0 unspecified atom stereocenters. The van der Waals surface area contributed by atoms with Crippen LogP contribution in [0, 0.1) is 17.3 Å². The van der Waals surface area contributed by atoms with Crippen LogP contribution in [0.5, 0.6) is 0 Å². The second kappa shape index (κ2) is 9.80. The van der Waals surface area contributed by atoms with E-state index in [4.69, 9.17) is 0 Å². The summed E-state index contributed by atoms with van der Waals surface area (Å²) in [7, 11) is 4.00. The van der Waals surface area contributed by atoms with Crippen molar-refractivity contribution in [2.24, 2.45) is 5.41 Å². The van der Waals surface area contributed by atoms with Crippen LogP contribution in [0.4, 0.5) is 5.69 Å². The number of hydrogen-bond acceptors (Lipinski definition) is 3. The zero-order chi connectivity index (χ0) is 22.4. The Morgan fingerprint density at radius 1 is 1.03 bits per heavy atom.